The molecule has 0 saturated heterocycles. The van der Waals surface area contributed by atoms with Crippen LogP contribution in [0.4, 0.5) is 9.18 Å². The fourth-order valence-electron chi connectivity index (χ4n) is 2.37. The maximum atomic E-state index is 13.6. The van der Waals surface area contributed by atoms with Gasteiger partial charge in [-0.1, -0.05) is 0 Å². The van der Waals surface area contributed by atoms with Crippen LogP contribution in [-0.2, 0) is 20.7 Å². The molecular weight excluding hydrogens is 315 g/mol. The zero-order valence-electron chi connectivity index (χ0n) is 14.1. The van der Waals surface area contributed by atoms with Gasteiger partial charge in [0.05, 0.1) is 12.6 Å². The summed E-state index contributed by atoms with van der Waals surface area (Å²) in [5.74, 6) is -1.03. The van der Waals surface area contributed by atoms with Crippen LogP contribution in [0.5, 0.6) is 0 Å². The molecule has 1 aromatic carbocycles. The van der Waals surface area contributed by atoms with Gasteiger partial charge in [-0.25, -0.2) is 9.18 Å². The van der Waals surface area contributed by atoms with E-state index < -0.39 is 29.5 Å². The van der Waals surface area contributed by atoms with Crippen molar-refractivity contribution in [3.8, 4) is 0 Å². The molecule has 0 bridgehead atoms. The standard InChI is InChI=1S/C17H21FN2O4/c1-17(2,3)24-16(22)20-9-10(7-13(19)15(21)23-4)12-8-11(18)5-6-14(12)20/h5-6,8-9,13H,7,19H2,1-4H3/t13-/m0/s1. The topological polar surface area (TPSA) is 83.5 Å². The number of rotatable bonds is 3. The largest absolute Gasteiger partial charge is 0.468 e. The van der Waals surface area contributed by atoms with Gasteiger partial charge in [0, 0.05) is 18.0 Å². The monoisotopic (exact) mass is 336 g/mol. The molecule has 0 aliphatic carbocycles. The second-order valence-corrected chi connectivity index (χ2v) is 6.50. The van der Waals surface area contributed by atoms with E-state index >= 15 is 0 Å². The molecule has 1 aromatic heterocycles. The molecule has 130 valence electrons. The fraction of sp³-hybridized carbons (Fsp3) is 0.412. The molecule has 1 atom stereocenters. The highest BCUT2D eigenvalue weighted by Crippen LogP contribution is 2.25. The van der Waals surface area contributed by atoms with Gasteiger partial charge in [0.2, 0.25) is 0 Å². The molecule has 24 heavy (non-hydrogen) atoms. The molecule has 0 saturated carbocycles. The summed E-state index contributed by atoms with van der Waals surface area (Å²) in [5, 5.41) is 0.500. The number of benzene rings is 1. The number of aromatic nitrogens is 1. The Labute approximate surface area is 139 Å². The minimum atomic E-state index is -0.907. The molecule has 2 N–H and O–H groups in total. The van der Waals surface area contributed by atoms with Crippen molar-refractivity contribution in [3.05, 3.63) is 35.8 Å². The average molecular weight is 336 g/mol. The number of carbonyl (C=O) groups is 2. The molecule has 0 aliphatic heterocycles. The second-order valence-electron chi connectivity index (χ2n) is 6.50. The lowest BCUT2D eigenvalue weighted by atomic mass is 10.1. The summed E-state index contributed by atoms with van der Waals surface area (Å²) in [7, 11) is 1.24. The van der Waals surface area contributed by atoms with E-state index in [1.165, 1.54) is 36.1 Å². The number of ether oxygens (including phenoxy) is 2. The number of nitrogens with two attached hydrogens (primary N) is 1. The Bertz CT molecular complexity index is 777. The lowest BCUT2D eigenvalue weighted by molar-refractivity contribution is -0.142. The predicted octanol–water partition coefficient (Wildman–Crippen LogP) is 2.61. The lowest BCUT2D eigenvalue weighted by Crippen LogP contribution is -2.33. The molecule has 2 rings (SSSR count). The number of hydrogen-bond donors (Lipinski definition) is 1. The Balaban J connectivity index is 2.47. The zero-order valence-corrected chi connectivity index (χ0v) is 14.1. The van der Waals surface area contributed by atoms with Gasteiger partial charge in [-0.2, -0.15) is 0 Å². The summed E-state index contributed by atoms with van der Waals surface area (Å²) >= 11 is 0. The van der Waals surface area contributed by atoms with Gasteiger partial charge in [0.25, 0.3) is 0 Å². The summed E-state index contributed by atoms with van der Waals surface area (Å²) in [5.41, 5.74) is 6.16. The van der Waals surface area contributed by atoms with E-state index in [1.54, 1.807) is 20.8 Å². The lowest BCUT2D eigenvalue weighted by Gasteiger charge is -2.19. The summed E-state index contributed by atoms with van der Waals surface area (Å²) < 4.78 is 24.9. The van der Waals surface area contributed by atoms with E-state index in [0.29, 0.717) is 16.5 Å². The molecule has 1 heterocycles. The van der Waals surface area contributed by atoms with Crippen LogP contribution in [0, 0.1) is 5.82 Å². The number of halogens is 1. The molecule has 0 unspecified atom stereocenters. The zero-order chi connectivity index (χ0) is 18.1. The van der Waals surface area contributed by atoms with Crippen molar-refractivity contribution in [1.29, 1.82) is 0 Å². The average Bonchev–Trinajstić information content (AvgIpc) is 2.82. The molecule has 0 aliphatic rings. The van der Waals surface area contributed by atoms with E-state index in [0.717, 1.165) is 0 Å². The Morgan fingerprint density at radius 1 is 1.33 bits per heavy atom. The number of hydrogen-bond acceptors (Lipinski definition) is 5. The first-order valence-electron chi connectivity index (χ1n) is 7.48. The van der Waals surface area contributed by atoms with Crippen molar-refractivity contribution in [1.82, 2.24) is 4.57 Å². The second kappa shape index (κ2) is 6.60. The van der Waals surface area contributed by atoms with Gasteiger partial charge in [-0.15, -0.1) is 0 Å². The summed E-state index contributed by atoms with van der Waals surface area (Å²) in [6.07, 6.45) is 1.04. The van der Waals surface area contributed by atoms with Crippen molar-refractivity contribution in [2.24, 2.45) is 5.73 Å². The van der Waals surface area contributed by atoms with Gasteiger partial charge in [-0.3, -0.25) is 9.36 Å². The Morgan fingerprint density at radius 2 is 2.00 bits per heavy atom. The minimum Gasteiger partial charge on any atom is -0.468 e. The third kappa shape index (κ3) is 3.91. The molecule has 0 radical (unpaired) electrons. The first-order chi connectivity index (χ1) is 11.1. The molecule has 6 nitrogen and oxygen atoms in total. The quantitative estimate of drug-likeness (QED) is 0.871. The van der Waals surface area contributed by atoms with Crippen LogP contribution in [0.3, 0.4) is 0 Å². The van der Waals surface area contributed by atoms with Crippen molar-refractivity contribution in [3.63, 3.8) is 0 Å². The highest BCUT2D eigenvalue weighted by atomic mass is 19.1. The third-order valence-electron chi connectivity index (χ3n) is 3.38. The summed E-state index contributed by atoms with van der Waals surface area (Å²) in [6, 6.07) is 3.14. The van der Waals surface area contributed by atoms with Crippen LogP contribution in [0.25, 0.3) is 10.9 Å². The number of fused-ring (bicyclic) bond motifs is 1. The minimum absolute atomic E-state index is 0.114. The van der Waals surface area contributed by atoms with E-state index in [-0.39, 0.29) is 6.42 Å². The number of esters is 1. The smallest absolute Gasteiger partial charge is 0.419 e. The first-order valence-corrected chi connectivity index (χ1v) is 7.48. The van der Waals surface area contributed by atoms with Gasteiger partial charge in [0.15, 0.2) is 0 Å². The third-order valence-corrected chi connectivity index (χ3v) is 3.38. The highest BCUT2D eigenvalue weighted by molar-refractivity contribution is 5.92. The van der Waals surface area contributed by atoms with E-state index in [2.05, 4.69) is 4.74 Å². The highest BCUT2D eigenvalue weighted by Gasteiger charge is 2.23. The van der Waals surface area contributed by atoms with Crippen LogP contribution in [0.2, 0.25) is 0 Å². The number of carbonyl (C=O) groups excluding carboxylic acids is 2. The Kier molecular flexibility index (Phi) is 4.94. The normalized spacial score (nSPS) is 12.9. The summed E-state index contributed by atoms with van der Waals surface area (Å²) in [6.45, 7) is 5.26. The maximum Gasteiger partial charge on any atom is 0.419 e. The van der Waals surface area contributed by atoms with Gasteiger partial charge in [-0.05, 0) is 44.5 Å². The number of nitrogens with zero attached hydrogens (tertiary/aromatic N) is 1. The Hall–Kier alpha value is -2.41. The van der Waals surface area contributed by atoms with Crippen LogP contribution in [0.1, 0.15) is 26.3 Å². The molecular formula is C17H21FN2O4. The Morgan fingerprint density at radius 3 is 2.58 bits per heavy atom. The van der Waals surface area contributed by atoms with Gasteiger partial charge >= 0.3 is 12.1 Å². The molecule has 7 heteroatoms. The van der Waals surface area contributed by atoms with Crippen molar-refractivity contribution in [2.45, 2.75) is 38.8 Å². The first kappa shape index (κ1) is 17.9. The molecule has 0 fully saturated rings. The predicted molar refractivity (Wildman–Crippen MR) is 87.2 cm³/mol. The van der Waals surface area contributed by atoms with Crippen LogP contribution in [-0.4, -0.2) is 35.4 Å². The van der Waals surface area contributed by atoms with Crippen LogP contribution < -0.4 is 5.73 Å². The maximum absolute atomic E-state index is 13.6. The van der Waals surface area contributed by atoms with Crippen LogP contribution in [0.15, 0.2) is 24.4 Å². The van der Waals surface area contributed by atoms with Crippen molar-refractivity contribution in [2.75, 3.05) is 7.11 Å². The van der Waals surface area contributed by atoms with Crippen molar-refractivity contribution < 1.29 is 23.5 Å². The van der Waals surface area contributed by atoms with Gasteiger partial charge in [0.1, 0.15) is 17.5 Å². The molecule has 0 amide bonds. The van der Waals surface area contributed by atoms with E-state index in [1.807, 2.05) is 0 Å². The summed E-state index contributed by atoms with van der Waals surface area (Å²) in [4.78, 5) is 23.9. The van der Waals surface area contributed by atoms with E-state index in [9.17, 15) is 14.0 Å². The van der Waals surface area contributed by atoms with E-state index in [4.69, 9.17) is 10.5 Å². The van der Waals surface area contributed by atoms with Crippen molar-refractivity contribution >= 4 is 23.0 Å². The van der Waals surface area contributed by atoms with Gasteiger partial charge < -0.3 is 15.2 Å². The fourth-order valence-corrected chi connectivity index (χ4v) is 2.37. The van der Waals surface area contributed by atoms with Crippen LogP contribution >= 0.6 is 0 Å². The SMILES string of the molecule is COC(=O)[C@@H](N)Cc1cn(C(=O)OC(C)(C)C)c2ccc(F)cc12. The molecule has 2 aromatic rings. The number of methoxy groups -OCH3 is 1. The molecule has 0 spiro atoms.